The number of halogens is 2. The molecule has 4 rings (SSSR count). The van der Waals surface area contributed by atoms with Crippen molar-refractivity contribution in [1.82, 2.24) is 15.1 Å². The van der Waals surface area contributed by atoms with Crippen LogP contribution in [0.25, 0.3) is 0 Å². The summed E-state index contributed by atoms with van der Waals surface area (Å²) in [5.41, 5.74) is 2.87. The Bertz CT molecular complexity index is 1000. The van der Waals surface area contributed by atoms with E-state index in [0.717, 1.165) is 13.1 Å². The molecule has 3 aromatic carbocycles. The van der Waals surface area contributed by atoms with E-state index in [1.807, 2.05) is 30.3 Å². The fourth-order valence-electron chi connectivity index (χ4n) is 4.00. The molecule has 4 nitrogen and oxygen atoms in total. The van der Waals surface area contributed by atoms with Crippen molar-refractivity contribution in [2.45, 2.75) is 12.6 Å². The first-order valence-corrected chi connectivity index (χ1v) is 10.8. The first kappa shape index (κ1) is 21.3. The summed E-state index contributed by atoms with van der Waals surface area (Å²) in [5, 5.41) is 3.55. The van der Waals surface area contributed by atoms with Crippen molar-refractivity contribution < 1.29 is 9.18 Å². The van der Waals surface area contributed by atoms with Crippen LogP contribution in [0.4, 0.5) is 9.18 Å². The highest BCUT2D eigenvalue weighted by Gasteiger charge is 2.28. The number of nitrogens with one attached hydrogen (secondary N) is 1. The van der Waals surface area contributed by atoms with Gasteiger partial charge >= 0.3 is 6.03 Å². The maximum atomic E-state index is 13.8. The zero-order chi connectivity index (χ0) is 21.6. The molecule has 0 bridgehead atoms. The van der Waals surface area contributed by atoms with Crippen molar-refractivity contribution in [3.8, 4) is 0 Å². The van der Waals surface area contributed by atoms with Gasteiger partial charge in [-0.15, -0.1) is 0 Å². The minimum absolute atomic E-state index is 0.0992. The molecule has 0 spiro atoms. The van der Waals surface area contributed by atoms with Crippen molar-refractivity contribution in [2.24, 2.45) is 0 Å². The summed E-state index contributed by atoms with van der Waals surface area (Å²) in [6, 6.07) is 24.8. The largest absolute Gasteiger partial charge is 0.334 e. The van der Waals surface area contributed by atoms with Gasteiger partial charge in [-0.1, -0.05) is 72.3 Å². The van der Waals surface area contributed by atoms with Gasteiger partial charge in [-0.25, -0.2) is 9.18 Å². The van der Waals surface area contributed by atoms with Crippen LogP contribution in [0, 0.1) is 5.82 Å². The molecule has 1 heterocycles. The molecule has 0 aliphatic carbocycles. The van der Waals surface area contributed by atoms with E-state index in [-0.39, 0.29) is 24.4 Å². The summed E-state index contributed by atoms with van der Waals surface area (Å²) in [7, 11) is 0. The molecule has 1 aliphatic heterocycles. The third kappa shape index (κ3) is 5.24. The molecule has 0 radical (unpaired) electrons. The molecule has 1 unspecified atom stereocenters. The monoisotopic (exact) mass is 437 g/mol. The van der Waals surface area contributed by atoms with E-state index >= 15 is 0 Å². The number of nitrogens with zero attached hydrogens (tertiary/aromatic N) is 2. The smallest absolute Gasteiger partial charge is 0.317 e. The number of hydrogen-bond donors (Lipinski definition) is 1. The minimum Gasteiger partial charge on any atom is -0.334 e. The second-order valence-corrected chi connectivity index (χ2v) is 8.07. The van der Waals surface area contributed by atoms with Gasteiger partial charge in [0.25, 0.3) is 0 Å². The predicted molar refractivity (Wildman–Crippen MR) is 122 cm³/mol. The molecule has 0 aromatic heterocycles. The lowest BCUT2D eigenvalue weighted by molar-refractivity contribution is 0.120. The van der Waals surface area contributed by atoms with Crippen LogP contribution in [-0.2, 0) is 6.54 Å². The maximum Gasteiger partial charge on any atom is 0.317 e. The summed E-state index contributed by atoms with van der Waals surface area (Å²) < 4.78 is 13.8. The van der Waals surface area contributed by atoms with Gasteiger partial charge in [0.2, 0.25) is 0 Å². The van der Waals surface area contributed by atoms with Crippen LogP contribution >= 0.6 is 11.6 Å². The first-order valence-electron chi connectivity index (χ1n) is 10.4. The molecular formula is C25H25ClFN3O. The van der Waals surface area contributed by atoms with E-state index in [2.05, 4.69) is 34.5 Å². The zero-order valence-corrected chi connectivity index (χ0v) is 17.9. The van der Waals surface area contributed by atoms with Crippen molar-refractivity contribution >= 4 is 17.6 Å². The molecule has 2 amide bonds. The third-order valence-corrected chi connectivity index (χ3v) is 5.91. The van der Waals surface area contributed by atoms with Gasteiger partial charge in [-0.05, 0) is 29.3 Å². The number of hydrogen-bond acceptors (Lipinski definition) is 2. The van der Waals surface area contributed by atoms with E-state index in [4.69, 9.17) is 11.6 Å². The predicted octanol–water partition coefficient (Wildman–Crippen LogP) is 5.10. The molecule has 6 heteroatoms. The average molecular weight is 438 g/mol. The van der Waals surface area contributed by atoms with Gasteiger partial charge in [0.1, 0.15) is 5.82 Å². The third-order valence-electron chi connectivity index (χ3n) is 5.66. The molecule has 1 N–H and O–H groups in total. The summed E-state index contributed by atoms with van der Waals surface area (Å²) in [6.07, 6.45) is 0. The van der Waals surface area contributed by atoms with E-state index in [1.165, 1.54) is 17.2 Å². The molecule has 160 valence electrons. The summed E-state index contributed by atoms with van der Waals surface area (Å²) >= 11 is 6.10. The van der Waals surface area contributed by atoms with E-state index in [1.54, 1.807) is 23.1 Å². The number of carbonyl (C=O) groups is 1. The Morgan fingerprint density at radius 1 is 0.871 bits per heavy atom. The quantitative estimate of drug-likeness (QED) is 0.603. The molecule has 1 fully saturated rings. The zero-order valence-electron chi connectivity index (χ0n) is 17.2. The normalized spacial score (nSPS) is 15.5. The topological polar surface area (TPSA) is 35.6 Å². The van der Waals surface area contributed by atoms with Crippen LogP contribution in [0.2, 0.25) is 5.02 Å². The van der Waals surface area contributed by atoms with Gasteiger partial charge in [0.05, 0.1) is 6.04 Å². The van der Waals surface area contributed by atoms with Crippen molar-refractivity contribution in [3.63, 3.8) is 0 Å². The summed E-state index contributed by atoms with van der Waals surface area (Å²) in [6.45, 7) is 2.90. The number of carbonyl (C=O) groups excluding carboxylic acids is 1. The average Bonchev–Trinajstić information content (AvgIpc) is 2.81. The number of urea groups is 1. The SMILES string of the molecule is O=C(NCc1ccccc1F)N1CCN(C(c2ccccc2)c2ccc(Cl)cc2)CC1. The number of piperazine rings is 1. The van der Waals surface area contributed by atoms with Crippen molar-refractivity contribution in [1.29, 1.82) is 0 Å². The molecule has 3 aromatic rings. The molecule has 1 aliphatic rings. The van der Waals surface area contributed by atoms with Gasteiger partial charge in [0.15, 0.2) is 0 Å². The van der Waals surface area contributed by atoms with Gasteiger partial charge in [0, 0.05) is 43.3 Å². The second-order valence-electron chi connectivity index (χ2n) is 7.64. The lowest BCUT2D eigenvalue weighted by Crippen LogP contribution is -2.52. The summed E-state index contributed by atoms with van der Waals surface area (Å²) in [4.78, 5) is 16.8. The maximum absolute atomic E-state index is 13.8. The Kier molecular flexibility index (Phi) is 6.85. The Labute approximate surface area is 187 Å². The highest BCUT2D eigenvalue weighted by atomic mass is 35.5. The second kappa shape index (κ2) is 9.94. The van der Waals surface area contributed by atoms with Crippen molar-refractivity contribution in [2.75, 3.05) is 26.2 Å². The standard InChI is InChI=1S/C25H25ClFN3O/c26-22-12-10-20(11-13-22)24(19-6-2-1-3-7-19)29-14-16-30(17-15-29)25(31)28-18-21-8-4-5-9-23(21)27/h1-13,24H,14-18H2,(H,28,31). The van der Waals surface area contributed by atoms with E-state index < -0.39 is 0 Å². The van der Waals surface area contributed by atoms with Crippen LogP contribution in [0.1, 0.15) is 22.7 Å². The fourth-order valence-corrected chi connectivity index (χ4v) is 4.13. The number of rotatable bonds is 5. The highest BCUT2D eigenvalue weighted by molar-refractivity contribution is 6.30. The van der Waals surface area contributed by atoms with Gasteiger partial charge < -0.3 is 10.2 Å². The van der Waals surface area contributed by atoms with Gasteiger partial charge in [-0.2, -0.15) is 0 Å². The Hall–Kier alpha value is -2.89. The van der Waals surface area contributed by atoms with Crippen LogP contribution in [0.3, 0.4) is 0 Å². The molecule has 0 saturated carbocycles. The van der Waals surface area contributed by atoms with E-state index in [9.17, 15) is 9.18 Å². The first-order chi connectivity index (χ1) is 15.1. The van der Waals surface area contributed by atoms with Gasteiger partial charge in [-0.3, -0.25) is 4.90 Å². The van der Waals surface area contributed by atoms with Crippen LogP contribution < -0.4 is 5.32 Å². The van der Waals surface area contributed by atoms with Crippen LogP contribution in [0.5, 0.6) is 0 Å². The Balaban J connectivity index is 1.41. The highest BCUT2D eigenvalue weighted by Crippen LogP contribution is 2.30. The van der Waals surface area contributed by atoms with Crippen LogP contribution in [-0.4, -0.2) is 42.0 Å². The summed E-state index contributed by atoms with van der Waals surface area (Å²) in [5.74, 6) is -0.304. The van der Waals surface area contributed by atoms with Crippen molar-refractivity contribution in [3.05, 3.63) is 106 Å². The number of amides is 2. The molecule has 31 heavy (non-hydrogen) atoms. The minimum atomic E-state index is -0.304. The number of benzene rings is 3. The Morgan fingerprint density at radius 2 is 1.48 bits per heavy atom. The lowest BCUT2D eigenvalue weighted by Gasteiger charge is -2.39. The molecule has 1 atom stereocenters. The van der Waals surface area contributed by atoms with Crippen LogP contribution in [0.15, 0.2) is 78.9 Å². The Morgan fingerprint density at radius 3 is 2.16 bits per heavy atom. The fraction of sp³-hybridized carbons (Fsp3) is 0.240. The lowest BCUT2D eigenvalue weighted by atomic mass is 9.96. The molecular weight excluding hydrogens is 413 g/mol. The molecule has 1 saturated heterocycles. The van der Waals surface area contributed by atoms with E-state index in [0.29, 0.717) is 23.7 Å².